The molecule has 1 heterocycles. The Morgan fingerprint density at radius 3 is 2.37 bits per heavy atom. The molecular weight excluding hydrogens is 457 g/mol. The topological polar surface area (TPSA) is 72.7 Å². The number of guanidine groups is 1. The van der Waals surface area contributed by atoms with E-state index >= 15 is 0 Å². The first kappa shape index (κ1) is 23.2. The van der Waals surface area contributed by atoms with Gasteiger partial charge in [-0.25, -0.2) is 0 Å². The second-order valence-corrected chi connectivity index (χ2v) is 5.99. The summed E-state index contributed by atoms with van der Waals surface area (Å²) < 4.78 is 12.3. The van der Waals surface area contributed by atoms with Crippen molar-refractivity contribution < 1.29 is 9.47 Å². The number of nitrogens with one attached hydrogen (secondary N) is 2. The van der Waals surface area contributed by atoms with Gasteiger partial charge in [0.2, 0.25) is 0 Å². The Hall–Kier alpha value is -1.81. The number of methoxy groups -OCH3 is 2. The Morgan fingerprint density at radius 1 is 1.11 bits per heavy atom. The molecule has 2 aromatic rings. The molecule has 0 atom stereocenters. The average molecular weight is 487 g/mol. The minimum absolute atomic E-state index is 0. The third-order valence-corrected chi connectivity index (χ3v) is 4.31. The molecule has 0 saturated carbocycles. The summed E-state index contributed by atoms with van der Waals surface area (Å²) in [5, 5.41) is 11.3. The molecule has 0 spiro atoms. The van der Waals surface area contributed by atoms with Crippen molar-refractivity contribution in [2.45, 2.75) is 33.5 Å². The molecule has 0 fully saturated rings. The Bertz CT molecular complexity index is 728. The van der Waals surface area contributed by atoms with Crippen molar-refractivity contribution in [3.8, 4) is 5.75 Å². The summed E-state index contributed by atoms with van der Waals surface area (Å²) in [6.07, 6.45) is 0. The van der Waals surface area contributed by atoms with Gasteiger partial charge in [-0.1, -0.05) is 12.1 Å². The number of rotatable bonds is 8. The van der Waals surface area contributed by atoms with Gasteiger partial charge in [0.15, 0.2) is 5.96 Å². The van der Waals surface area contributed by atoms with E-state index in [1.807, 2.05) is 35.9 Å². The second-order valence-electron chi connectivity index (χ2n) is 5.99. The van der Waals surface area contributed by atoms with Crippen LogP contribution in [0.25, 0.3) is 0 Å². The molecule has 0 radical (unpaired) electrons. The quantitative estimate of drug-likeness (QED) is 0.341. The lowest BCUT2D eigenvalue weighted by molar-refractivity contribution is 0.182. The fraction of sp³-hybridized carbons (Fsp3) is 0.474. The van der Waals surface area contributed by atoms with E-state index in [2.05, 4.69) is 27.6 Å². The van der Waals surface area contributed by atoms with Crippen LogP contribution in [0.4, 0.5) is 0 Å². The van der Waals surface area contributed by atoms with E-state index in [0.29, 0.717) is 19.7 Å². The highest BCUT2D eigenvalue weighted by molar-refractivity contribution is 14.0. The van der Waals surface area contributed by atoms with Crippen molar-refractivity contribution in [3.63, 3.8) is 0 Å². The van der Waals surface area contributed by atoms with Crippen molar-refractivity contribution >= 4 is 29.9 Å². The van der Waals surface area contributed by atoms with Crippen molar-refractivity contribution in [1.82, 2.24) is 20.4 Å². The van der Waals surface area contributed by atoms with Gasteiger partial charge >= 0.3 is 0 Å². The van der Waals surface area contributed by atoms with Crippen LogP contribution in [0.1, 0.15) is 22.5 Å². The highest BCUT2D eigenvalue weighted by Crippen LogP contribution is 2.13. The van der Waals surface area contributed by atoms with Gasteiger partial charge in [-0.2, -0.15) is 5.10 Å². The fourth-order valence-corrected chi connectivity index (χ4v) is 2.71. The molecule has 0 aliphatic rings. The summed E-state index contributed by atoms with van der Waals surface area (Å²) in [5.41, 5.74) is 4.52. The smallest absolute Gasteiger partial charge is 0.191 e. The first-order valence-electron chi connectivity index (χ1n) is 8.68. The molecule has 0 unspecified atom stereocenters. The van der Waals surface area contributed by atoms with Gasteiger partial charge < -0.3 is 20.1 Å². The maximum Gasteiger partial charge on any atom is 0.191 e. The number of ether oxygens (including phenoxy) is 2. The number of aryl methyl sites for hydroxylation is 1. The first-order valence-corrected chi connectivity index (χ1v) is 8.68. The predicted molar refractivity (Wildman–Crippen MR) is 119 cm³/mol. The molecular formula is C19H30IN5O2. The number of benzene rings is 1. The van der Waals surface area contributed by atoms with E-state index in [1.165, 1.54) is 5.56 Å². The zero-order chi connectivity index (χ0) is 18.9. The predicted octanol–water partition coefficient (Wildman–Crippen LogP) is 2.64. The molecule has 2 rings (SSSR count). The highest BCUT2D eigenvalue weighted by Gasteiger charge is 2.11. The minimum Gasteiger partial charge on any atom is -0.497 e. The van der Waals surface area contributed by atoms with Crippen molar-refractivity contribution in [2.75, 3.05) is 27.9 Å². The van der Waals surface area contributed by atoms with E-state index in [9.17, 15) is 0 Å². The van der Waals surface area contributed by atoms with E-state index in [-0.39, 0.29) is 24.0 Å². The standard InChI is InChI=1S/C19H29N5O2.HI/c1-14-18(15(2)24(23-14)10-11-25-4)13-22-19(20-3)21-12-16-6-8-17(26-5)9-7-16;/h6-9H,10-13H2,1-5H3,(H2,20,21,22);1H. The van der Waals surface area contributed by atoms with Gasteiger partial charge in [0.05, 0.1) is 26.0 Å². The van der Waals surface area contributed by atoms with Gasteiger partial charge in [-0.05, 0) is 31.5 Å². The fourth-order valence-electron chi connectivity index (χ4n) is 2.71. The molecule has 7 nitrogen and oxygen atoms in total. The summed E-state index contributed by atoms with van der Waals surface area (Å²) >= 11 is 0. The Kier molecular flexibility index (Phi) is 10.2. The summed E-state index contributed by atoms with van der Waals surface area (Å²) in [4.78, 5) is 4.29. The van der Waals surface area contributed by atoms with Crippen LogP contribution < -0.4 is 15.4 Å². The van der Waals surface area contributed by atoms with Crippen LogP contribution in [-0.4, -0.2) is 43.6 Å². The van der Waals surface area contributed by atoms with Crippen LogP contribution in [0.2, 0.25) is 0 Å². The van der Waals surface area contributed by atoms with Crippen LogP contribution in [0.5, 0.6) is 5.75 Å². The highest BCUT2D eigenvalue weighted by atomic mass is 127. The molecule has 0 amide bonds. The summed E-state index contributed by atoms with van der Waals surface area (Å²) in [5.74, 6) is 1.61. The monoisotopic (exact) mass is 487 g/mol. The lowest BCUT2D eigenvalue weighted by atomic mass is 10.2. The van der Waals surface area contributed by atoms with Gasteiger partial charge in [0, 0.05) is 38.5 Å². The van der Waals surface area contributed by atoms with E-state index in [1.54, 1.807) is 21.3 Å². The zero-order valence-corrected chi connectivity index (χ0v) is 19.0. The third-order valence-electron chi connectivity index (χ3n) is 4.31. The van der Waals surface area contributed by atoms with Crippen LogP contribution in [0.3, 0.4) is 0 Å². The number of nitrogens with zero attached hydrogens (tertiary/aromatic N) is 3. The molecule has 150 valence electrons. The first-order chi connectivity index (χ1) is 12.6. The third kappa shape index (κ3) is 6.69. The molecule has 0 bridgehead atoms. The average Bonchev–Trinajstić information content (AvgIpc) is 2.94. The maximum absolute atomic E-state index is 5.18. The second kappa shape index (κ2) is 11.8. The van der Waals surface area contributed by atoms with Gasteiger partial charge in [-0.3, -0.25) is 9.67 Å². The molecule has 0 aliphatic heterocycles. The number of aromatic nitrogens is 2. The maximum atomic E-state index is 5.18. The van der Waals surface area contributed by atoms with Crippen LogP contribution in [0, 0.1) is 13.8 Å². The van der Waals surface area contributed by atoms with Crippen molar-refractivity contribution in [1.29, 1.82) is 0 Å². The Balaban J connectivity index is 0.00000364. The zero-order valence-electron chi connectivity index (χ0n) is 16.7. The number of hydrogen-bond donors (Lipinski definition) is 2. The van der Waals surface area contributed by atoms with E-state index in [0.717, 1.165) is 35.2 Å². The molecule has 1 aromatic carbocycles. The lowest BCUT2D eigenvalue weighted by Crippen LogP contribution is -2.36. The minimum atomic E-state index is 0. The molecule has 27 heavy (non-hydrogen) atoms. The van der Waals surface area contributed by atoms with Crippen LogP contribution in [0.15, 0.2) is 29.3 Å². The SMILES string of the molecule is CN=C(NCc1ccc(OC)cc1)NCc1c(C)nn(CCOC)c1C.I. The van der Waals surface area contributed by atoms with Crippen molar-refractivity contribution in [2.24, 2.45) is 4.99 Å². The van der Waals surface area contributed by atoms with Crippen LogP contribution >= 0.6 is 24.0 Å². The molecule has 2 N–H and O–H groups in total. The summed E-state index contributed by atoms with van der Waals surface area (Å²) in [6.45, 7) is 6.89. The normalized spacial score (nSPS) is 11.1. The Labute approximate surface area is 178 Å². The molecule has 1 aromatic heterocycles. The van der Waals surface area contributed by atoms with Gasteiger partial charge in [0.25, 0.3) is 0 Å². The number of hydrogen-bond acceptors (Lipinski definition) is 4. The summed E-state index contributed by atoms with van der Waals surface area (Å²) in [7, 11) is 5.14. The van der Waals surface area contributed by atoms with Gasteiger partial charge in [-0.15, -0.1) is 24.0 Å². The molecule has 0 saturated heterocycles. The molecule has 0 aliphatic carbocycles. The molecule has 8 heteroatoms. The number of halogens is 1. The Morgan fingerprint density at radius 2 is 1.78 bits per heavy atom. The lowest BCUT2D eigenvalue weighted by Gasteiger charge is -2.13. The largest absolute Gasteiger partial charge is 0.497 e. The van der Waals surface area contributed by atoms with Gasteiger partial charge in [0.1, 0.15) is 5.75 Å². The van der Waals surface area contributed by atoms with Crippen LogP contribution in [-0.2, 0) is 24.4 Å². The van der Waals surface area contributed by atoms with Crippen molar-refractivity contribution in [3.05, 3.63) is 46.8 Å². The van der Waals surface area contributed by atoms with E-state index < -0.39 is 0 Å². The van der Waals surface area contributed by atoms with E-state index in [4.69, 9.17) is 9.47 Å². The summed E-state index contributed by atoms with van der Waals surface area (Å²) in [6, 6.07) is 7.98. The number of aliphatic imine (C=N–C) groups is 1.